The van der Waals surface area contributed by atoms with Crippen molar-refractivity contribution < 1.29 is 31.1 Å². The van der Waals surface area contributed by atoms with Crippen molar-refractivity contribution in [3.63, 3.8) is 0 Å². The molecule has 0 bridgehead atoms. The summed E-state index contributed by atoms with van der Waals surface area (Å²) in [5.74, 6) is -0.484. The number of rotatable bonds is 6. The summed E-state index contributed by atoms with van der Waals surface area (Å²) in [4.78, 5) is 18.6. The number of benzene rings is 1. The van der Waals surface area contributed by atoms with Gasteiger partial charge in [-0.3, -0.25) is 9.79 Å². The van der Waals surface area contributed by atoms with Crippen LogP contribution in [0.1, 0.15) is 69.2 Å². The van der Waals surface area contributed by atoms with Crippen molar-refractivity contribution in [2.45, 2.75) is 59.3 Å². The van der Waals surface area contributed by atoms with Gasteiger partial charge in [-0.2, -0.15) is 26.3 Å². The van der Waals surface area contributed by atoms with Gasteiger partial charge in [0.15, 0.2) is 0 Å². The number of allylic oxidation sites excluding steroid dienone is 3. The topological polar surface area (TPSA) is 68.3 Å². The second-order valence-corrected chi connectivity index (χ2v) is 8.05. The highest BCUT2D eigenvalue weighted by atomic mass is 35.5. The number of halogens is 7. The molecule has 0 saturated carbocycles. The number of pyridine rings is 1. The predicted molar refractivity (Wildman–Crippen MR) is 141 cm³/mol. The van der Waals surface area contributed by atoms with E-state index in [1.54, 1.807) is 24.4 Å². The molecule has 38 heavy (non-hydrogen) atoms. The van der Waals surface area contributed by atoms with Gasteiger partial charge < -0.3 is 5.73 Å². The molecule has 2 aromatic rings. The van der Waals surface area contributed by atoms with Crippen LogP contribution in [0.3, 0.4) is 0 Å². The molecule has 210 valence electrons. The molecule has 11 heteroatoms. The van der Waals surface area contributed by atoms with Gasteiger partial charge in [0.05, 0.1) is 11.1 Å². The molecule has 1 amide bonds. The maximum Gasteiger partial charge on any atom is 0.416 e. The number of carbonyl (C=O) groups excluding carboxylic acids is 1. The van der Waals surface area contributed by atoms with Gasteiger partial charge in [-0.05, 0) is 62.6 Å². The Hall–Kier alpha value is -3.14. The molecule has 0 aliphatic rings. The van der Waals surface area contributed by atoms with Crippen LogP contribution in [0.2, 0.25) is 5.15 Å². The number of amides is 1. The van der Waals surface area contributed by atoms with E-state index in [4.69, 9.17) is 17.3 Å². The molecule has 0 aliphatic carbocycles. The maximum atomic E-state index is 12.5. The fraction of sp³-hybridized carbons (Fsp3) is 0.370. The lowest BCUT2D eigenvalue weighted by Crippen LogP contribution is -2.13. The first-order valence-corrected chi connectivity index (χ1v) is 12.0. The number of aromatic nitrogens is 1. The van der Waals surface area contributed by atoms with E-state index < -0.39 is 29.4 Å². The maximum absolute atomic E-state index is 12.5. The minimum atomic E-state index is -4.83. The molecule has 1 heterocycles. The first kappa shape index (κ1) is 34.9. The zero-order valence-electron chi connectivity index (χ0n) is 21.8. The number of aliphatic imine (C=N–C) groups is 1. The number of hydrogen-bond donors (Lipinski definition) is 1. The number of primary amides is 1. The van der Waals surface area contributed by atoms with Crippen LogP contribution in [0.4, 0.5) is 26.3 Å². The Kier molecular flexibility index (Phi) is 15.3. The summed E-state index contributed by atoms with van der Waals surface area (Å²) >= 11 is 5.84. The SMILES string of the molecule is C/C=C/CCC.CC/C=C(\C(N)=O)c1cccnc1Cl.CN=C(C)c1cc(C(F)(F)F)cc(C(F)(F)F)c1. The first-order valence-electron chi connectivity index (χ1n) is 11.6. The van der Waals surface area contributed by atoms with E-state index in [-0.39, 0.29) is 17.3 Å². The average molecular weight is 564 g/mol. The van der Waals surface area contributed by atoms with Crippen LogP contribution in [0.15, 0.2) is 59.7 Å². The Morgan fingerprint density at radius 1 is 1.08 bits per heavy atom. The normalized spacial score (nSPS) is 12.4. The minimum Gasteiger partial charge on any atom is -0.366 e. The summed E-state index contributed by atoms with van der Waals surface area (Å²) in [5, 5.41) is 0.297. The Bertz CT molecular complexity index is 1090. The summed E-state index contributed by atoms with van der Waals surface area (Å²) in [5.41, 5.74) is 3.47. The van der Waals surface area contributed by atoms with Crippen LogP contribution < -0.4 is 5.73 Å². The summed E-state index contributed by atoms with van der Waals surface area (Å²) in [7, 11) is 1.29. The first-order chi connectivity index (χ1) is 17.6. The molecule has 0 saturated heterocycles. The second kappa shape index (κ2) is 16.7. The predicted octanol–water partition coefficient (Wildman–Crippen LogP) is 8.54. The van der Waals surface area contributed by atoms with Crippen LogP contribution in [-0.4, -0.2) is 23.7 Å². The van der Waals surface area contributed by atoms with E-state index in [0.717, 1.165) is 6.42 Å². The Morgan fingerprint density at radius 3 is 1.97 bits per heavy atom. The van der Waals surface area contributed by atoms with Crippen molar-refractivity contribution in [3.05, 3.63) is 82.2 Å². The van der Waals surface area contributed by atoms with Crippen LogP contribution in [-0.2, 0) is 17.1 Å². The molecule has 2 rings (SSSR count). The van der Waals surface area contributed by atoms with Gasteiger partial charge in [0.1, 0.15) is 5.15 Å². The second-order valence-electron chi connectivity index (χ2n) is 7.69. The molecule has 1 aromatic carbocycles. The van der Waals surface area contributed by atoms with Gasteiger partial charge in [-0.15, -0.1) is 0 Å². The van der Waals surface area contributed by atoms with Crippen LogP contribution in [0.5, 0.6) is 0 Å². The molecule has 0 unspecified atom stereocenters. The van der Waals surface area contributed by atoms with Crippen LogP contribution in [0, 0.1) is 0 Å². The fourth-order valence-corrected chi connectivity index (χ4v) is 2.98. The number of carbonyl (C=O) groups is 1. The number of nitrogens with two attached hydrogens (primary N) is 1. The number of hydrogen-bond acceptors (Lipinski definition) is 3. The third-order valence-electron chi connectivity index (χ3n) is 4.75. The highest BCUT2D eigenvalue weighted by Gasteiger charge is 2.37. The molecular weight excluding hydrogens is 532 g/mol. The molecule has 0 aliphatic heterocycles. The van der Waals surface area contributed by atoms with E-state index in [2.05, 4.69) is 36.0 Å². The summed E-state index contributed by atoms with van der Waals surface area (Å²) in [6.45, 7) is 7.50. The fourth-order valence-electron chi connectivity index (χ4n) is 2.76. The van der Waals surface area contributed by atoms with Gasteiger partial charge in [-0.25, -0.2) is 4.98 Å². The quantitative estimate of drug-likeness (QED) is 0.126. The Morgan fingerprint density at radius 2 is 1.63 bits per heavy atom. The molecule has 0 atom stereocenters. The van der Waals surface area contributed by atoms with E-state index >= 15 is 0 Å². The summed E-state index contributed by atoms with van der Waals surface area (Å²) < 4.78 is 75.0. The highest BCUT2D eigenvalue weighted by molar-refractivity contribution is 6.33. The molecule has 1 aromatic heterocycles. The van der Waals surface area contributed by atoms with Gasteiger partial charge in [0, 0.05) is 30.1 Å². The number of alkyl halides is 6. The average Bonchev–Trinajstić information content (AvgIpc) is 2.85. The van der Waals surface area contributed by atoms with Crippen molar-refractivity contribution in [3.8, 4) is 0 Å². The van der Waals surface area contributed by atoms with E-state index in [1.807, 2.05) is 6.92 Å². The monoisotopic (exact) mass is 563 g/mol. The summed E-state index contributed by atoms with van der Waals surface area (Å²) in [6.07, 6.45) is 1.14. The third kappa shape index (κ3) is 12.4. The van der Waals surface area contributed by atoms with E-state index in [9.17, 15) is 31.1 Å². The van der Waals surface area contributed by atoms with Crippen molar-refractivity contribution in [1.29, 1.82) is 0 Å². The molecule has 0 spiro atoms. The van der Waals surface area contributed by atoms with Crippen molar-refractivity contribution in [2.24, 2.45) is 10.7 Å². The largest absolute Gasteiger partial charge is 0.416 e. The zero-order chi connectivity index (χ0) is 29.5. The number of unbranched alkanes of at least 4 members (excludes halogenated alkanes) is 1. The van der Waals surface area contributed by atoms with Crippen LogP contribution in [0.25, 0.3) is 5.57 Å². The molecule has 4 nitrogen and oxygen atoms in total. The Labute approximate surface area is 224 Å². The van der Waals surface area contributed by atoms with Crippen molar-refractivity contribution in [1.82, 2.24) is 4.98 Å². The van der Waals surface area contributed by atoms with Crippen molar-refractivity contribution in [2.75, 3.05) is 7.05 Å². The molecule has 0 fully saturated rings. The smallest absolute Gasteiger partial charge is 0.366 e. The minimum absolute atomic E-state index is 0.0897. The summed E-state index contributed by atoms with van der Waals surface area (Å²) in [6, 6.07) is 4.83. The third-order valence-corrected chi connectivity index (χ3v) is 5.06. The van der Waals surface area contributed by atoms with Gasteiger partial charge in [0.2, 0.25) is 5.91 Å². The molecular formula is C27H32ClF6N3O. The lowest BCUT2D eigenvalue weighted by molar-refractivity contribution is -0.143. The van der Waals surface area contributed by atoms with Crippen molar-refractivity contribution >= 4 is 28.8 Å². The number of nitrogens with zero attached hydrogens (tertiary/aromatic N) is 2. The standard InChI is InChI=1S/C11H9F6N.C10H11ClN2O.C6H12/c1-6(18-2)7-3-8(10(12,13)14)5-9(4-7)11(15,16)17;1-2-4-8(10(12)14)7-5-3-6-13-9(7)11;1-3-5-6-4-2/h3-5H,1-2H3;3-6H,2H2,1H3,(H2,12,14);3,5H,4,6H2,1-2H3/b;8-4-;5-3+. The van der Waals surface area contributed by atoms with E-state index in [1.165, 1.54) is 26.8 Å². The lowest BCUT2D eigenvalue weighted by atomic mass is 10.0. The van der Waals surface area contributed by atoms with E-state index in [0.29, 0.717) is 28.4 Å². The van der Waals surface area contributed by atoms with Gasteiger partial charge in [0.25, 0.3) is 0 Å². The Balaban J connectivity index is 0.000000607. The van der Waals surface area contributed by atoms with Gasteiger partial charge >= 0.3 is 12.4 Å². The van der Waals surface area contributed by atoms with Crippen LogP contribution >= 0.6 is 11.6 Å². The molecule has 2 N–H and O–H groups in total. The highest BCUT2D eigenvalue weighted by Crippen LogP contribution is 2.36. The zero-order valence-corrected chi connectivity index (χ0v) is 22.6. The molecule has 0 radical (unpaired) electrons. The lowest BCUT2D eigenvalue weighted by Gasteiger charge is -2.14. The van der Waals surface area contributed by atoms with Gasteiger partial charge in [-0.1, -0.05) is 50.1 Å².